The maximum atomic E-state index is 9.06. The normalized spacial score (nSPS) is 12.2. The first kappa shape index (κ1) is 16.8. The minimum atomic E-state index is 0.197. The second-order valence-corrected chi connectivity index (χ2v) is 5.24. The molecule has 0 aromatic heterocycles. The van der Waals surface area contributed by atoms with Crippen LogP contribution in [-0.2, 0) is 0 Å². The average Bonchev–Trinajstić information content (AvgIpc) is 2.49. The fraction of sp³-hybridized carbons (Fsp3) is 0.647. The number of aliphatic hydroxyl groups is 1. The van der Waals surface area contributed by atoms with Gasteiger partial charge in [0.1, 0.15) is 0 Å². The van der Waals surface area contributed by atoms with Gasteiger partial charge in [0.05, 0.1) is 6.61 Å². The van der Waals surface area contributed by atoms with E-state index in [-0.39, 0.29) is 6.61 Å². The smallest absolute Gasteiger partial charge is 0.0606 e. The molecule has 1 aromatic carbocycles. The third kappa shape index (κ3) is 5.41. The minimum absolute atomic E-state index is 0.197. The van der Waals surface area contributed by atoms with Crippen LogP contribution in [0.2, 0.25) is 0 Å². The zero-order valence-electron chi connectivity index (χ0n) is 13.2. The molecule has 0 bridgehead atoms. The zero-order valence-corrected chi connectivity index (χ0v) is 13.2. The predicted octanol–water partition coefficient (Wildman–Crippen LogP) is 3.89. The highest BCUT2D eigenvalue weighted by Crippen LogP contribution is 2.19. The van der Waals surface area contributed by atoms with Crippen molar-refractivity contribution < 1.29 is 5.11 Å². The van der Waals surface area contributed by atoms with Crippen LogP contribution in [0, 0.1) is 0 Å². The molecular weight excluding hydrogens is 248 g/mol. The molecule has 1 atom stereocenters. The molecule has 0 aliphatic rings. The summed E-state index contributed by atoms with van der Waals surface area (Å²) in [6, 6.07) is 9.12. The van der Waals surface area contributed by atoms with Gasteiger partial charge in [0.15, 0.2) is 0 Å². The van der Waals surface area contributed by atoms with Gasteiger partial charge in [-0.25, -0.2) is 0 Å². The minimum Gasteiger partial charge on any atom is -0.395 e. The fourth-order valence-corrected chi connectivity index (χ4v) is 2.42. The van der Waals surface area contributed by atoms with Crippen molar-refractivity contribution in [2.75, 3.05) is 29.9 Å². The lowest BCUT2D eigenvalue weighted by Gasteiger charge is -2.23. The van der Waals surface area contributed by atoms with Crippen LogP contribution in [0.15, 0.2) is 24.3 Å². The van der Waals surface area contributed by atoms with Crippen LogP contribution in [0.25, 0.3) is 0 Å². The van der Waals surface area contributed by atoms with Crippen molar-refractivity contribution in [1.82, 2.24) is 0 Å². The summed E-state index contributed by atoms with van der Waals surface area (Å²) in [4.78, 5) is 2.18. The molecule has 20 heavy (non-hydrogen) atoms. The number of hydrogen-bond acceptors (Lipinski definition) is 3. The number of nitrogens with one attached hydrogen (secondary N) is 1. The molecule has 1 rings (SSSR count). The molecule has 0 amide bonds. The quantitative estimate of drug-likeness (QED) is 0.681. The highest BCUT2D eigenvalue weighted by molar-refractivity contribution is 5.55. The van der Waals surface area contributed by atoms with Gasteiger partial charge in [0, 0.05) is 30.5 Å². The maximum Gasteiger partial charge on any atom is 0.0606 e. The lowest BCUT2D eigenvalue weighted by atomic mass is 10.1. The van der Waals surface area contributed by atoms with Gasteiger partial charge in [0.25, 0.3) is 0 Å². The first-order valence-corrected chi connectivity index (χ1v) is 7.97. The van der Waals surface area contributed by atoms with E-state index in [0.717, 1.165) is 13.0 Å². The molecule has 0 saturated heterocycles. The lowest BCUT2D eigenvalue weighted by molar-refractivity contribution is 0.302. The van der Waals surface area contributed by atoms with Crippen LogP contribution in [0.1, 0.15) is 46.5 Å². The van der Waals surface area contributed by atoms with Gasteiger partial charge in [-0.2, -0.15) is 0 Å². The summed E-state index contributed by atoms with van der Waals surface area (Å²) < 4.78 is 0. The van der Waals surface area contributed by atoms with E-state index in [2.05, 4.69) is 55.3 Å². The van der Waals surface area contributed by atoms with Crippen LogP contribution in [0.3, 0.4) is 0 Å². The van der Waals surface area contributed by atoms with E-state index < -0.39 is 0 Å². The zero-order chi connectivity index (χ0) is 14.8. The van der Waals surface area contributed by atoms with E-state index in [1.54, 1.807) is 0 Å². The molecule has 1 unspecified atom stereocenters. The molecule has 2 N–H and O–H groups in total. The number of aliphatic hydroxyl groups excluding tert-OH is 1. The summed E-state index contributed by atoms with van der Waals surface area (Å²) in [5.41, 5.74) is 2.37. The van der Waals surface area contributed by atoms with Crippen LogP contribution >= 0.6 is 0 Å². The van der Waals surface area contributed by atoms with Gasteiger partial charge < -0.3 is 15.3 Å². The molecule has 0 heterocycles. The third-order valence-electron chi connectivity index (χ3n) is 3.75. The maximum absolute atomic E-state index is 9.06. The van der Waals surface area contributed by atoms with E-state index in [0.29, 0.717) is 12.6 Å². The summed E-state index contributed by atoms with van der Waals surface area (Å²) >= 11 is 0. The topological polar surface area (TPSA) is 35.5 Å². The monoisotopic (exact) mass is 278 g/mol. The number of anilines is 2. The molecule has 1 aromatic rings. The SMILES string of the molecule is CCCCC(CC)Nc1ccc(N(CC)CCO)cc1. The summed E-state index contributed by atoms with van der Waals surface area (Å²) in [7, 11) is 0. The van der Waals surface area contributed by atoms with Gasteiger partial charge in [-0.05, 0) is 44.0 Å². The van der Waals surface area contributed by atoms with E-state index in [4.69, 9.17) is 5.11 Å². The van der Waals surface area contributed by atoms with Crippen LogP contribution in [0.5, 0.6) is 0 Å². The second kappa shape index (κ2) is 9.65. The Labute approximate surface area is 124 Å². The Morgan fingerprint density at radius 3 is 2.35 bits per heavy atom. The Morgan fingerprint density at radius 2 is 1.85 bits per heavy atom. The molecule has 0 radical (unpaired) electrons. The molecule has 0 saturated carbocycles. The molecular formula is C17H30N2O. The van der Waals surface area contributed by atoms with Gasteiger partial charge in [-0.3, -0.25) is 0 Å². The summed E-state index contributed by atoms with van der Waals surface area (Å²) in [6.45, 7) is 8.39. The number of rotatable bonds is 10. The molecule has 0 aliphatic carbocycles. The largest absolute Gasteiger partial charge is 0.395 e. The van der Waals surface area contributed by atoms with Gasteiger partial charge in [-0.15, -0.1) is 0 Å². The summed E-state index contributed by atoms with van der Waals surface area (Å²) in [6.07, 6.45) is 4.93. The van der Waals surface area contributed by atoms with Crippen molar-refractivity contribution in [3.05, 3.63) is 24.3 Å². The van der Waals surface area contributed by atoms with Crippen LogP contribution in [-0.4, -0.2) is 30.8 Å². The lowest BCUT2D eigenvalue weighted by Crippen LogP contribution is -2.26. The molecule has 0 spiro atoms. The van der Waals surface area contributed by atoms with Crippen molar-refractivity contribution in [3.63, 3.8) is 0 Å². The highest BCUT2D eigenvalue weighted by atomic mass is 16.3. The van der Waals surface area contributed by atoms with Crippen molar-refractivity contribution in [2.45, 2.75) is 52.5 Å². The first-order chi connectivity index (χ1) is 9.74. The van der Waals surface area contributed by atoms with Crippen LogP contribution in [0.4, 0.5) is 11.4 Å². The average molecular weight is 278 g/mol. The van der Waals surface area contributed by atoms with Gasteiger partial charge in [-0.1, -0.05) is 26.7 Å². The number of hydrogen-bond donors (Lipinski definition) is 2. The van der Waals surface area contributed by atoms with Gasteiger partial charge in [0.2, 0.25) is 0 Å². The molecule has 3 nitrogen and oxygen atoms in total. The highest BCUT2D eigenvalue weighted by Gasteiger charge is 2.07. The Morgan fingerprint density at radius 1 is 1.15 bits per heavy atom. The van der Waals surface area contributed by atoms with Gasteiger partial charge >= 0.3 is 0 Å². The summed E-state index contributed by atoms with van der Waals surface area (Å²) in [5, 5.41) is 12.7. The van der Waals surface area contributed by atoms with Crippen molar-refractivity contribution >= 4 is 11.4 Å². The Hall–Kier alpha value is -1.22. The fourth-order valence-electron chi connectivity index (χ4n) is 2.42. The Bertz CT molecular complexity index is 351. The predicted molar refractivity (Wildman–Crippen MR) is 88.6 cm³/mol. The third-order valence-corrected chi connectivity index (χ3v) is 3.75. The van der Waals surface area contributed by atoms with E-state index >= 15 is 0 Å². The number of unbranched alkanes of at least 4 members (excludes halogenated alkanes) is 1. The number of likely N-dealkylation sites (N-methyl/N-ethyl adjacent to an activating group) is 1. The molecule has 0 aliphatic heterocycles. The first-order valence-electron chi connectivity index (χ1n) is 7.97. The summed E-state index contributed by atoms with van der Waals surface area (Å²) in [5.74, 6) is 0. The van der Waals surface area contributed by atoms with Crippen LogP contribution < -0.4 is 10.2 Å². The van der Waals surface area contributed by atoms with E-state index in [1.165, 1.54) is 30.6 Å². The Balaban J connectivity index is 2.60. The standard InChI is InChI=1S/C17H30N2O/c1-4-7-8-15(5-2)18-16-9-11-17(12-10-16)19(6-3)13-14-20/h9-12,15,18,20H,4-8,13-14H2,1-3H3. The van der Waals surface area contributed by atoms with E-state index in [1.807, 2.05) is 0 Å². The van der Waals surface area contributed by atoms with Crippen molar-refractivity contribution in [3.8, 4) is 0 Å². The number of benzene rings is 1. The van der Waals surface area contributed by atoms with E-state index in [9.17, 15) is 0 Å². The Kier molecular flexibility index (Phi) is 8.12. The van der Waals surface area contributed by atoms with Crippen molar-refractivity contribution in [2.24, 2.45) is 0 Å². The number of nitrogens with zero attached hydrogens (tertiary/aromatic N) is 1. The molecule has 3 heteroatoms. The second-order valence-electron chi connectivity index (χ2n) is 5.24. The van der Waals surface area contributed by atoms with Crippen molar-refractivity contribution in [1.29, 1.82) is 0 Å². The molecule has 114 valence electrons. The molecule has 0 fully saturated rings.